The maximum atomic E-state index is 6.24. The van der Waals surface area contributed by atoms with Gasteiger partial charge in [-0.3, -0.25) is 0 Å². The third kappa shape index (κ3) is 2.73. The Labute approximate surface area is 111 Å². The van der Waals surface area contributed by atoms with Crippen LogP contribution in [0.2, 0.25) is 8.67 Å². The fourth-order valence-corrected chi connectivity index (χ4v) is 3.72. The molecular weight excluding hydrogens is 261 g/mol. The Kier molecular flexibility index (Phi) is 4.54. The molecule has 0 aromatic carbocycles. The van der Waals surface area contributed by atoms with Crippen LogP contribution in [0.3, 0.4) is 0 Å². The Balaban J connectivity index is 2.13. The zero-order chi connectivity index (χ0) is 11.5. The summed E-state index contributed by atoms with van der Waals surface area (Å²) in [6.45, 7) is 3.23. The van der Waals surface area contributed by atoms with E-state index in [1.807, 2.05) is 6.07 Å². The molecule has 4 heteroatoms. The molecule has 1 aliphatic rings. The Morgan fingerprint density at radius 2 is 2.25 bits per heavy atom. The molecule has 1 N–H and O–H groups in total. The van der Waals surface area contributed by atoms with E-state index in [0.717, 1.165) is 27.6 Å². The second kappa shape index (κ2) is 5.72. The summed E-state index contributed by atoms with van der Waals surface area (Å²) in [5.41, 5.74) is 1.20. The first-order valence-corrected chi connectivity index (χ1v) is 7.47. The van der Waals surface area contributed by atoms with E-state index in [2.05, 4.69) is 12.2 Å². The van der Waals surface area contributed by atoms with Gasteiger partial charge in [0.1, 0.15) is 0 Å². The van der Waals surface area contributed by atoms with Crippen molar-refractivity contribution in [2.45, 2.75) is 38.6 Å². The van der Waals surface area contributed by atoms with Crippen LogP contribution >= 0.6 is 34.5 Å². The smallest absolute Gasteiger partial charge is 0.0992 e. The molecule has 16 heavy (non-hydrogen) atoms. The van der Waals surface area contributed by atoms with Gasteiger partial charge in [-0.25, -0.2) is 0 Å². The highest BCUT2D eigenvalue weighted by atomic mass is 35.5. The lowest BCUT2D eigenvalue weighted by atomic mass is 9.77. The van der Waals surface area contributed by atoms with Gasteiger partial charge in [0.15, 0.2) is 0 Å². The largest absolute Gasteiger partial charge is 0.310 e. The molecule has 0 radical (unpaired) electrons. The molecular formula is C12H17Cl2NS. The molecule has 1 atom stereocenters. The summed E-state index contributed by atoms with van der Waals surface area (Å²) in [7, 11) is 0. The van der Waals surface area contributed by atoms with Crippen LogP contribution in [0, 0.1) is 5.92 Å². The van der Waals surface area contributed by atoms with Crippen molar-refractivity contribution in [3.63, 3.8) is 0 Å². The van der Waals surface area contributed by atoms with Gasteiger partial charge in [-0.1, -0.05) is 36.5 Å². The van der Waals surface area contributed by atoms with Gasteiger partial charge in [0, 0.05) is 11.6 Å². The molecule has 1 unspecified atom stereocenters. The molecule has 90 valence electrons. The average molecular weight is 278 g/mol. The van der Waals surface area contributed by atoms with Crippen LogP contribution in [-0.4, -0.2) is 6.54 Å². The van der Waals surface area contributed by atoms with Crippen molar-refractivity contribution in [1.82, 2.24) is 5.32 Å². The molecule has 1 saturated carbocycles. The first-order valence-electron chi connectivity index (χ1n) is 5.90. The highest BCUT2D eigenvalue weighted by Crippen LogP contribution is 2.43. The third-order valence-electron chi connectivity index (χ3n) is 3.25. The zero-order valence-electron chi connectivity index (χ0n) is 9.43. The Bertz CT molecular complexity index is 347. The van der Waals surface area contributed by atoms with Gasteiger partial charge in [0.2, 0.25) is 0 Å². The van der Waals surface area contributed by atoms with E-state index in [1.54, 1.807) is 0 Å². The molecule has 1 heterocycles. The Morgan fingerprint density at radius 3 is 2.69 bits per heavy atom. The van der Waals surface area contributed by atoms with Gasteiger partial charge in [-0.15, -0.1) is 11.3 Å². The molecule has 2 rings (SSSR count). The summed E-state index contributed by atoms with van der Waals surface area (Å²) in [5, 5.41) is 3.61. The highest BCUT2D eigenvalue weighted by molar-refractivity contribution is 7.20. The fourth-order valence-electron chi connectivity index (χ4n) is 2.17. The number of rotatable bonds is 5. The van der Waals surface area contributed by atoms with Crippen molar-refractivity contribution < 1.29 is 0 Å². The molecule has 0 aliphatic heterocycles. The molecule has 1 fully saturated rings. The number of nitrogens with one attached hydrogen (secondary N) is 1. The standard InChI is InChI=1S/C12H17Cl2NS/c1-2-6-15-11(8-4-3-5-8)9-7-10(13)16-12(9)14/h7-8,11,15H,2-6H2,1H3. The predicted octanol–water partition coefficient (Wildman–Crippen LogP) is 4.90. The van der Waals surface area contributed by atoms with Gasteiger partial charge in [-0.2, -0.15) is 0 Å². The first kappa shape index (κ1) is 12.7. The number of halogens is 2. The van der Waals surface area contributed by atoms with Gasteiger partial charge in [-0.05, 0) is 37.8 Å². The minimum Gasteiger partial charge on any atom is -0.310 e. The average Bonchev–Trinajstić information content (AvgIpc) is 2.49. The Morgan fingerprint density at radius 1 is 1.50 bits per heavy atom. The van der Waals surface area contributed by atoms with E-state index in [-0.39, 0.29) is 0 Å². The van der Waals surface area contributed by atoms with Crippen LogP contribution in [-0.2, 0) is 0 Å². The maximum absolute atomic E-state index is 6.24. The topological polar surface area (TPSA) is 12.0 Å². The van der Waals surface area contributed by atoms with Crippen LogP contribution in [0.4, 0.5) is 0 Å². The van der Waals surface area contributed by atoms with E-state index in [0.29, 0.717) is 6.04 Å². The second-order valence-electron chi connectivity index (χ2n) is 4.40. The second-order valence-corrected chi connectivity index (χ2v) is 6.69. The van der Waals surface area contributed by atoms with E-state index in [9.17, 15) is 0 Å². The van der Waals surface area contributed by atoms with Gasteiger partial charge in [0.25, 0.3) is 0 Å². The molecule has 0 amide bonds. The normalized spacial score (nSPS) is 18.4. The fraction of sp³-hybridized carbons (Fsp3) is 0.667. The number of hydrogen-bond donors (Lipinski definition) is 1. The summed E-state index contributed by atoms with van der Waals surface area (Å²) in [6.07, 6.45) is 5.12. The van der Waals surface area contributed by atoms with E-state index >= 15 is 0 Å². The molecule has 0 spiro atoms. The Hall–Kier alpha value is 0.240. The summed E-state index contributed by atoms with van der Waals surface area (Å²) >= 11 is 13.7. The lowest BCUT2D eigenvalue weighted by Gasteiger charge is -2.34. The third-order valence-corrected chi connectivity index (χ3v) is 4.77. The van der Waals surface area contributed by atoms with Crippen molar-refractivity contribution >= 4 is 34.5 Å². The molecule has 0 bridgehead atoms. The lowest BCUT2D eigenvalue weighted by Crippen LogP contribution is -2.32. The monoisotopic (exact) mass is 277 g/mol. The van der Waals surface area contributed by atoms with Crippen LogP contribution in [0.5, 0.6) is 0 Å². The quantitative estimate of drug-likeness (QED) is 0.808. The maximum Gasteiger partial charge on any atom is 0.0992 e. The van der Waals surface area contributed by atoms with Crippen LogP contribution in [0.15, 0.2) is 6.07 Å². The van der Waals surface area contributed by atoms with Crippen molar-refractivity contribution in [1.29, 1.82) is 0 Å². The van der Waals surface area contributed by atoms with Gasteiger partial charge in [0.05, 0.1) is 8.67 Å². The minimum atomic E-state index is 0.407. The first-order chi connectivity index (χ1) is 7.72. The minimum absolute atomic E-state index is 0.407. The summed E-state index contributed by atoms with van der Waals surface area (Å²) in [4.78, 5) is 0. The molecule has 1 nitrogen and oxygen atoms in total. The van der Waals surface area contributed by atoms with E-state index in [1.165, 1.54) is 36.2 Å². The lowest BCUT2D eigenvalue weighted by molar-refractivity contribution is 0.231. The summed E-state index contributed by atoms with van der Waals surface area (Å²) in [6, 6.07) is 2.44. The van der Waals surface area contributed by atoms with Crippen molar-refractivity contribution in [3.05, 3.63) is 20.3 Å². The van der Waals surface area contributed by atoms with Crippen molar-refractivity contribution in [3.8, 4) is 0 Å². The number of hydrogen-bond acceptors (Lipinski definition) is 2. The van der Waals surface area contributed by atoms with E-state index < -0.39 is 0 Å². The molecule has 1 aliphatic carbocycles. The predicted molar refractivity (Wildman–Crippen MR) is 72.7 cm³/mol. The van der Waals surface area contributed by atoms with Gasteiger partial charge >= 0.3 is 0 Å². The molecule has 1 aromatic rings. The van der Waals surface area contributed by atoms with Crippen molar-refractivity contribution in [2.75, 3.05) is 6.54 Å². The van der Waals surface area contributed by atoms with Crippen LogP contribution in [0.1, 0.15) is 44.2 Å². The van der Waals surface area contributed by atoms with Crippen molar-refractivity contribution in [2.24, 2.45) is 5.92 Å². The molecule has 0 saturated heterocycles. The zero-order valence-corrected chi connectivity index (χ0v) is 11.8. The number of thiophene rings is 1. The van der Waals surface area contributed by atoms with E-state index in [4.69, 9.17) is 23.2 Å². The SMILES string of the molecule is CCCNC(c1cc(Cl)sc1Cl)C1CCC1. The molecule has 1 aromatic heterocycles. The van der Waals surface area contributed by atoms with Crippen LogP contribution < -0.4 is 5.32 Å². The summed E-state index contributed by atoms with van der Waals surface area (Å²) < 4.78 is 1.65. The summed E-state index contributed by atoms with van der Waals surface area (Å²) in [5.74, 6) is 0.745. The van der Waals surface area contributed by atoms with Crippen LogP contribution in [0.25, 0.3) is 0 Å². The highest BCUT2D eigenvalue weighted by Gasteiger charge is 2.30. The van der Waals surface area contributed by atoms with Gasteiger partial charge < -0.3 is 5.32 Å².